The molecule has 2 N–H and O–H groups in total. The fourth-order valence-electron chi connectivity index (χ4n) is 1.62. The van der Waals surface area contributed by atoms with E-state index in [9.17, 15) is 0 Å². The summed E-state index contributed by atoms with van der Waals surface area (Å²) in [5.41, 5.74) is 6.14. The maximum atomic E-state index is 6.07. The summed E-state index contributed by atoms with van der Waals surface area (Å²) < 4.78 is 11.2. The fraction of sp³-hybridized carbons (Fsp3) is 0.200. The summed E-state index contributed by atoms with van der Waals surface area (Å²) in [5, 5.41) is 0.752. The Balaban J connectivity index is 2.14. The molecule has 0 heterocycles. The van der Waals surface area contributed by atoms with Gasteiger partial charge in [0.2, 0.25) is 0 Å². The first-order chi connectivity index (χ1) is 9.60. The third-order valence-corrected chi connectivity index (χ3v) is 3.10. The molecule has 0 saturated carbocycles. The number of halogens is 2. The van der Waals surface area contributed by atoms with Gasteiger partial charge in [0.1, 0.15) is 11.5 Å². The van der Waals surface area contributed by atoms with E-state index >= 15 is 0 Å². The van der Waals surface area contributed by atoms with Crippen molar-refractivity contribution in [1.29, 1.82) is 0 Å². The molecule has 0 aromatic heterocycles. The predicted molar refractivity (Wildman–Crippen MR) is 83.2 cm³/mol. The molecule has 2 aromatic rings. The first-order valence-electron chi connectivity index (χ1n) is 6.25. The van der Waals surface area contributed by atoms with Gasteiger partial charge in [0.25, 0.3) is 0 Å². The van der Waals surface area contributed by atoms with E-state index in [4.69, 9.17) is 38.4 Å². The number of hydrogen-bond donors (Lipinski definition) is 1. The van der Waals surface area contributed by atoms with Crippen LogP contribution in [0.1, 0.15) is 13.3 Å². The number of rotatable bonds is 5. The molecule has 0 spiro atoms. The van der Waals surface area contributed by atoms with Gasteiger partial charge in [-0.25, -0.2) is 0 Å². The van der Waals surface area contributed by atoms with Gasteiger partial charge in [0.15, 0.2) is 5.75 Å². The zero-order chi connectivity index (χ0) is 14.5. The van der Waals surface area contributed by atoms with Crippen LogP contribution in [0.4, 0.5) is 5.69 Å². The summed E-state index contributed by atoms with van der Waals surface area (Å²) >= 11 is 12.1. The number of benzene rings is 2. The van der Waals surface area contributed by atoms with Crippen LogP contribution in [0.15, 0.2) is 36.4 Å². The van der Waals surface area contributed by atoms with Gasteiger partial charge >= 0.3 is 0 Å². The van der Waals surface area contributed by atoms with Gasteiger partial charge in [-0.05, 0) is 42.8 Å². The van der Waals surface area contributed by atoms with Crippen LogP contribution in [0.5, 0.6) is 17.2 Å². The number of nitrogens with two attached hydrogens (primary N) is 1. The Labute approximate surface area is 128 Å². The fourth-order valence-corrected chi connectivity index (χ4v) is 2.20. The van der Waals surface area contributed by atoms with E-state index < -0.39 is 0 Å². The maximum absolute atomic E-state index is 6.07. The molecule has 0 saturated heterocycles. The van der Waals surface area contributed by atoms with Gasteiger partial charge in [-0.2, -0.15) is 0 Å². The van der Waals surface area contributed by atoms with E-state index in [-0.39, 0.29) is 0 Å². The number of hydrogen-bond acceptors (Lipinski definition) is 3. The Bertz CT molecular complexity index is 562. The maximum Gasteiger partial charge on any atom is 0.164 e. The van der Waals surface area contributed by atoms with Crippen molar-refractivity contribution < 1.29 is 9.47 Å². The third kappa shape index (κ3) is 3.71. The Hall–Kier alpha value is -1.58. The minimum atomic E-state index is 0.376. The van der Waals surface area contributed by atoms with Gasteiger partial charge in [0.05, 0.1) is 16.7 Å². The molecule has 0 unspecified atom stereocenters. The molecule has 2 aromatic carbocycles. The Morgan fingerprint density at radius 2 is 1.55 bits per heavy atom. The van der Waals surface area contributed by atoms with Gasteiger partial charge in [-0.15, -0.1) is 0 Å². The smallest absolute Gasteiger partial charge is 0.164 e. The van der Waals surface area contributed by atoms with Crippen molar-refractivity contribution in [3.63, 3.8) is 0 Å². The average molecular weight is 312 g/mol. The molecule has 5 heteroatoms. The molecular formula is C15H15Cl2NO2. The lowest BCUT2D eigenvalue weighted by atomic mass is 10.3. The predicted octanol–water partition coefficient (Wildman–Crippen LogP) is 5.16. The third-order valence-electron chi connectivity index (χ3n) is 2.54. The van der Waals surface area contributed by atoms with Crippen molar-refractivity contribution in [3.05, 3.63) is 46.4 Å². The summed E-state index contributed by atoms with van der Waals surface area (Å²) in [6, 6.07) is 10.5. The molecule has 0 aliphatic carbocycles. The van der Waals surface area contributed by atoms with Crippen LogP contribution >= 0.6 is 23.2 Å². The highest BCUT2D eigenvalue weighted by Gasteiger charge is 2.10. The van der Waals surface area contributed by atoms with E-state index in [0.29, 0.717) is 33.8 Å². The lowest BCUT2D eigenvalue weighted by molar-refractivity contribution is 0.317. The second-order valence-electron chi connectivity index (χ2n) is 4.24. The highest BCUT2D eigenvalue weighted by Crippen LogP contribution is 2.38. The van der Waals surface area contributed by atoms with Gasteiger partial charge in [-0.1, -0.05) is 30.1 Å². The van der Waals surface area contributed by atoms with Crippen LogP contribution < -0.4 is 15.2 Å². The second kappa shape index (κ2) is 6.73. The highest BCUT2D eigenvalue weighted by atomic mass is 35.5. The number of nitrogen functional groups attached to an aromatic ring is 1. The van der Waals surface area contributed by atoms with Crippen LogP contribution in [0.3, 0.4) is 0 Å². The highest BCUT2D eigenvalue weighted by molar-refractivity contribution is 6.37. The Morgan fingerprint density at radius 1 is 1.00 bits per heavy atom. The minimum Gasteiger partial charge on any atom is -0.494 e. The normalized spacial score (nSPS) is 10.3. The molecule has 0 bridgehead atoms. The summed E-state index contributed by atoms with van der Waals surface area (Å²) in [7, 11) is 0. The molecule has 20 heavy (non-hydrogen) atoms. The van der Waals surface area contributed by atoms with Gasteiger partial charge < -0.3 is 15.2 Å². The molecule has 0 aliphatic heterocycles. The van der Waals surface area contributed by atoms with Gasteiger partial charge in [-0.3, -0.25) is 0 Å². The van der Waals surface area contributed by atoms with Crippen LogP contribution in [0, 0.1) is 0 Å². The molecule has 3 nitrogen and oxygen atoms in total. The van der Waals surface area contributed by atoms with Crippen molar-refractivity contribution in [3.8, 4) is 17.2 Å². The largest absolute Gasteiger partial charge is 0.494 e. The summed E-state index contributed by atoms with van der Waals surface area (Å²) in [6.07, 6.45) is 0.967. The first kappa shape index (κ1) is 14.8. The molecule has 0 fully saturated rings. The van der Waals surface area contributed by atoms with Crippen LogP contribution in [0.25, 0.3) is 0 Å². The van der Waals surface area contributed by atoms with E-state index in [0.717, 1.165) is 12.2 Å². The van der Waals surface area contributed by atoms with Crippen LogP contribution in [0.2, 0.25) is 10.0 Å². The molecule has 0 atom stereocenters. The van der Waals surface area contributed by atoms with Crippen molar-refractivity contribution in [2.24, 2.45) is 0 Å². The van der Waals surface area contributed by atoms with Crippen LogP contribution in [-0.4, -0.2) is 6.61 Å². The molecular weight excluding hydrogens is 297 g/mol. The average Bonchev–Trinajstić information content (AvgIpc) is 2.42. The Kier molecular flexibility index (Phi) is 4.99. The lowest BCUT2D eigenvalue weighted by Gasteiger charge is -2.11. The quantitative estimate of drug-likeness (QED) is 0.776. The number of anilines is 1. The monoisotopic (exact) mass is 311 g/mol. The summed E-state index contributed by atoms with van der Waals surface area (Å²) in [5.74, 6) is 1.82. The van der Waals surface area contributed by atoms with Gasteiger partial charge in [0, 0.05) is 5.69 Å². The van der Waals surface area contributed by atoms with Crippen molar-refractivity contribution in [2.75, 3.05) is 12.3 Å². The molecule has 106 valence electrons. The molecule has 0 radical (unpaired) electrons. The van der Waals surface area contributed by atoms with Crippen molar-refractivity contribution in [1.82, 2.24) is 0 Å². The molecule has 0 aliphatic rings. The molecule has 0 amide bonds. The SMILES string of the molecule is CCCOc1ccc(Oc2c(Cl)cc(N)cc2Cl)cc1. The summed E-state index contributed by atoms with van der Waals surface area (Å²) in [6.45, 7) is 2.75. The van der Waals surface area contributed by atoms with Crippen LogP contribution in [-0.2, 0) is 0 Å². The van der Waals surface area contributed by atoms with Crippen molar-refractivity contribution >= 4 is 28.9 Å². The molecule has 2 rings (SSSR count). The standard InChI is InChI=1S/C15H15Cl2NO2/c1-2-7-19-11-3-5-12(6-4-11)20-15-13(16)8-10(18)9-14(15)17/h3-6,8-9H,2,7,18H2,1H3. The Morgan fingerprint density at radius 3 is 2.10 bits per heavy atom. The second-order valence-corrected chi connectivity index (χ2v) is 5.05. The lowest BCUT2D eigenvalue weighted by Crippen LogP contribution is -1.94. The zero-order valence-electron chi connectivity index (χ0n) is 11.0. The summed E-state index contributed by atoms with van der Waals surface area (Å²) in [4.78, 5) is 0. The minimum absolute atomic E-state index is 0.376. The topological polar surface area (TPSA) is 44.5 Å². The van der Waals surface area contributed by atoms with E-state index in [1.165, 1.54) is 0 Å². The van der Waals surface area contributed by atoms with E-state index in [1.807, 2.05) is 12.1 Å². The number of ether oxygens (including phenoxy) is 2. The van der Waals surface area contributed by atoms with E-state index in [2.05, 4.69) is 6.92 Å². The van der Waals surface area contributed by atoms with E-state index in [1.54, 1.807) is 24.3 Å². The zero-order valence-corrected chi connectivity index (χ0v) is 12.5. The first-order valence-corrected chi connectivity index (χ1v) is 7.01. The van der Waals surface area contributed by atoms with Crippen molar-refractivity contribution in [2.45, 2.75) is 13.3 Å².